The van der Waals surface area contributed by atoms with Gasteiger partial charge in [-0.3, -0.25) is 19.0 Å². The van der Waals surface area contributed by atoms with E-state index >= 15 is 0 Å². The molecule has 0 spiro atoms. The molecular formula is C23H21FN6O4S. The number of halogens is 1. The van der Waals surface area contributed by atoms with Crippen molar-refractivity contribution in [3.63, 3.8) is 0 Å². The molecular weight excluding hydrogens is 475 g/mol. The lowest BCUT2D eigenvalue weighted by atomic mass is 10.1. The van der Waals surface area contributed by atoms with Crippen molar-refractivity contribution in [2.24, 2.45) is 12.0 Å². The zero-order valence-electron chi connectivity index (χ0n) is 18.8. The van der Waals surface area contributed by atoms with Crippen LogP contribution < -0.4 is 15.1 Å². The van der Waals surface area contributed by atoms with Gasteiger partial charge in [-0.1, -0.05) is 30.3 Å². The Balaban J connectivity index is 1.56. The Morgan fingerprint density at radius 2 is 1.94 bits per heavy atom. The highest BCUT2D eigenvalue weighted by Crippen LogP contribution is 2.25. The molecule has 3 aromatic rings. The SMILES string of the molecule is CN1C(=O)C(CC(=O)Nc2ccc(F)cc2)N(Cc2c(/N=C(\[O-])c3ccccc3)on[n+]2C)C1=S. The third kappa shape index (κ3) is 5.17. The number of aromatic nitrogens is 2. The van der Waals surface area contributed by atoms with Crippen LogP contribution in [0.1, 0.15) is 17.7 Å². The van der Waals surface area contributed by atoms with Crippen molar-refractivity contribution < 1.29 is 28.3 Å². The van der Waals surface area contributed by atoms with Gasteiger partial charge in [0.15, 0.2) is 12.2 Å². The topological polar surface area (TPSA) is 118 Å². The lowest BCUT2D eigenvalue weighted by molar-refractivity contribution is -0.746. The summed E-state index contributed by atoms with van der Waals surface area (Å²) in [5.41, 5.74) is 1.17. The van der Waals surface area contributed by atoms with E-state index in [9.17, 15) is 19.1 Å². The molecule has 1 saturated heterocycles. The second-order valence-electron chi connectivity index (χ2n) is 7.81. The number of hydrogen-bond donors (Lipinski definition) is 1. The molecule has 0 bridgehead atoms. The zero-order valence-corrected chi connectivity index (χ0v) is 19.7. The Hall–Kier alpha value is -4.19. The highest BCUT2D eigenvalue weighted by Gasteiger charge is 2.43. The third-order valence-electron chi connectivity index (χ3n) is 5.46. The Kier molecular flexibility index (Phi) is 6.82. The molecule has 1 unspecified atom stereocenters. The van der Waals surface area contributed by atoms with Crippen molar-refractivity contribution in [2.45, 2.75) is 19.0 Å². The molecule has 10 nitrogen and oxygen atoms in total. The van der Waals surface area contributed by atoms with Crippen LogP contribution in [0.4, 0.5) is 16.0 Å². The van der Waals surface area contributed by atoms with Crippen LogP contribution >= 0.6 is 12.2 Å². The van der Waals surface area contributed by atoms with E-state index in [0.29, 0.717) is 16.9 Å². The first-order chi connectivity index (χ1) is 16.7. The molecule has 0 aliphatic carbocycles. The van der Waals surface area contributed by atoms with Gasteiger partial charge in [-0.15, -0.1) is 0 Å². The van der Waals surface area contributed by atoms with E-state index < -0.39 is 23.7 Å². The second kappa shape index (κ2) is 9.97. The Bertz CT molecular complexity index is 1300. The minimum Gasteiger partial charge on any atom is -0.858 e. The number of hydrogen-bond acceptors (Lipinski definition) is 7. The van der Waals surface area contributed by atoms with E-state index in [-0.39, 0.29) is 29.9 Å². The van der Waals surface area contributed by atoms with E-state index in [2.05, 4.69) is 15.6 Å². The van der Waals surface area contributed by atoms with Crippen LogP contribution in [-0.2, 0) is 23.2 Å². The molecule has 2 amide bonds. The fourth-order valence-corrected chi connectivity index (χ4v) is 3.85. The van der Waals surface area contributed by atoms with E-state index in [4.69, 9.17) is 16.7 Å². The molecule has 1 atom stereocenters. The van der Waals surface area contributed by atoms with Gasteiger partial charge in [0, 0.05) is 12.7 Å². The maximum atomic E-state index is 13.1. The highest BCUT2D eigenvalue weighted by molar-refractivity contribution is 7.80. The van der Waals surface area contributed by atoms with Gasteiger partial charge in [0.1, 0.15) is 18.4 Å². The summed E-state index contributed by atoms with van der Waals surface area (Å²) in [6.45, 7) is 0.0182. The molecule has 12 heteroatoms. The summed E-state index contributed by atoms with van der Waals surface area (Å²) < 4.78 is 19.8. The van der Waals surface area contributed by atoms with Crippen molar-refractivity contribution in [3.8, 4) is 0 Å². The fourth-order valence-electron chi connectivity index (χ4n) is 3.57. The van der Waals surface area contributed by atoms with Crippen molar-refractivity contribution in [1.82, 2.24) is 15.1 Å². The number of carbonyl (C=O) groups is 2. The molecule has 4 rings (SSSR count). The number of likely N-dealkylation sites (N-methyl/N-ethyl adjacent to an activating group) is 1. The Morgan fingerprint density at radius 1 is 1.26 bits per heavy atom. The summed E-state index contributed by atoms with van der Waals surface area (Å²) in [5, 5.41) is 19.2. The lowest BCUT2D eigenvalue weighted by Crippen LogP contribution is -2.42. The standard InChI is InChI=1S/C23H21FN6O4S/c1-28-22(33)17(12-19(31)25-16-10-8-15(24)9-11-16)30(23(28)35)13-18-21(34-27-29(18)2)26-20(32)14-6-4-3-5-7-14/h3-11,17H,12-13H2,1-2H3,(H-,25,26,27,31,32). The predicted molar refractivity (Wildman–Crippen MR) is 125 cm³/mol. The monoisotopic (exact) mass is 496 g/mol. The predicted octanol–water partition coefficient (Wildman–Crippen LogP) is 1.03. The molecule has 35 heavy (non-hydrogen) atoms. The van der Waals surface area contributed by atoms with Crippen LogP contribution in [0.5, 0.6) is 0 Å². The number of aryl methyl sites for hydroxylation is 1. The van der Waals surface area contributed by atoms with Crippen LogP contribution in [0.2, 0.25) is 0 Å². The van der Waals surface area contributed by atoms with Crippen LogP contribution in [-0.4, -0.2) is 51.0 Å². The number of rotatable bonds is 7. The van der Waals surface area contributed by atoms with Crippen LogP contribution in [0.15, 0.2) is 64.1 Å². The summed E-state index contributed by atoms with van der Waals surface area (Å²) in [4.78, 5) is 32.4. The van der Waals surface area contributed by atoms with Gasteiger partial charge in [-0.05, 0) is 52.6 Å². The largest absolute Gasteiger partial charge is 0.858 e. The fraction of sp³-hybridized carbons (Fsp3) is 0.217. The quantitative estimate of drug-likeness (QED) is 0.225. The molecule has 0 radical (unpaired) electrons. The zero-order chi connectivity index (χ0) is 25.1. The van der Waals surface area contributed by atoms with Gasteiger partial charge in [0.05, 0.1) is 6.42 Å². The highest BCUT2D eigenvalue weighted by atomic mass is 32.1. The van der Waals surface area contributed by atoms with Gasteiger partial charge in [0.25, 0.3) is 11.6 Å². The smallest absolute Gasteiger partial charge is 0.325 e. The summed E-state index contributed by atoms with van der Waals surface area (Å²) >= 11 is 5.44. The molecule has 2 aromatic carbocycles. The summed E-state index contributed by atoms with van der Waals surface area (Å²) in [6, 6.07) is 12.9. The van der Waals surface area contributed by atoms with Gasteiger partial charge in [-0.25, -0.2) is 9.38 Å². The van der Waals surface area contributed by atoms with Crippen molar-refractivity contribution >= 4 is 46.6 Å². The van der Waals surface area contributed by atoms with E-state index in [1.807, 2.05) is 0 Å². The van der Waals surface area contributed by atoms with Crippen molar-refractivity contribution in [3.05, 3.63) is 71.7 Å². The molecule has 0 saturated carbocycles. The second-order valence-corrected chi connectivity index (χ2v) is 8.18. The Morgan fingerprint density at radius 3 is 2.63 bits per heavy atom. The average molecular weight is 497 g/mol. The van der Waals surface area contributed by atoms with E-state index in [0.717, 1.165) is 0 Å². The molecule has 1 fully saturated rings. The minimum atomic E-state index is -0.902. The molecule has 2 heterocycles. The number of benzene rings is 2. The Labute approximate surface area is 205 Å². The molecule has 1 aliphatic rings. The van der Waals surface area contributed by atoms with Crippen LogP contribution in [0.25, 0.3) is 0 Å². The van der Waals surface area contributed by atoms with Gasteiger partial charge < -0.3 is 15.3 Å². The summed E-state index contributed by atoms with van der Waals surface area (Å²) in [6.07, 6.45) is -0.203. The first kappa shape index (κ1) is 24.0. The summed E-state index contributed by atoms with van der Waals surface area (Å²) in [5.74, 6) is -1.78. The van der Waals surface area contributed by atoms with E-state index in [1.165, 1.54) is 40.9 Å². The average Bonchev–Trinajstić information content (AvgIpc) is 3.28. The minimum absolute atomic E-state index is 0.0182. The van der Waals surface area contributed by atoms with Crippen LogP contribution in [0.3, 0.4) is 0 Å². The number of anilines is 1. The lowest BCUT2D eigenvalue weighted by Gasteiger charge is -2.21. The molecule has 1 aliphatic heterocycles. The molecule has 1 aromatic heterocycles. The maximum absolute atomic E-state index is 13.1. The van der Waals surface area contributed by atoms with Gasteiger partial charge in [-0.2, -0.15) is 0 Å². The van der Waals surface area contributed by atoms with Gasteiger partial charge >= 0.3 is 5.88 Å². The van der Waals surface area contributed by atoms with Crippen LogP contribution in [0, 0.1) is 5.82 Å². The molecule has 1 N–H and O–H groups in total. The van der Waals surface area contributed by atoms with Gasteiger partial charge in [0.2, 0.25) is 11.2 Å². The van der Waals surface area contributed by atoms with Crippen molar-refractivity contribution in [1.29, 1.82) is 0 Å². The number of carbonyl (C=O) groups excluding carboxylic acids is 2. The first-order valence-electron chi connectivity index (χ1n) is 10.5. The maximum Gasteiger partial charge on any atom is 0.325 e. The normalized spacial score (nSPS) is 16.2. The first-order valence-corrected chi connectivity index (χ1v) is 10.9. The van der Waals surface area contributed by atoms with E-state index in [1.54, 1.807) is 42.3 Å². The third-order valence-corrected chi connectivity index (χ3v) is 5.97. The van der Waals surface area contributed by atoms with Crippen molar-refractivity contribution in [2.75, 3.05) is 12.4 Å². The molecule has 180 valence electrons. The number of thiocarbonyl (C=S) groups is 1. The number of amides is 2. The number of nitrogens with zero attached hydrogens (tertiary/aromatic N) is 5. The summed E-state index contributed by atoms with van der Waals surface area (Å²) in [7, 11) is 3.12. The number of aliphatic imine (C=N–C) groups is 1. The number of nitrogens with one attached hydrogen (secondary N) is 1.